The van der Waals surface area contributed by atoms with Gasteiger partial charge in [-0.3, -0.25) is 10.1 Å². The third-order valence-corrected chi connectivity index (χ3v) is 2.75. The largest absolute Gasteiger partial charge is 0.573 e. The molecule has 0 bridgehead atoms. The molecule has 2 unspecified atom stereocenters. The fraction of sp³-hybridized carbons (Fsp3) is 0.462. The second kappa shape index (κ2) is 6.60. The van der Waals surface area contributed by atoms with Crippen molar-refractivity contribution in [2.45, 2.75) is 32.3 Å². The van der Waals surface area contributed by atoms with Crippen LogP contribution in [-0.4, -0.2) is 25.4 Å². The van der Waals surface area contributed by atoms with E-state index in [0.29, 0.717) is 0 Å². The normalized spacial score (nSPS) is 14.5. The smallest absolute Gasteiger partial charge is 0.406 e. The lowest BCUT2D eigenvalue weighted by Crippen LogP contribution is -2.41. The van der Waals surface area contributed by atoms with Crippen LogP contribution in [0.1, 0.15) is 25.5 Å². The Hall–Kier alpha value is -1.76. The van der Waals surface area contributed by atoms with Gasteiger partial charge in [0.15, 0.2) is 0 Å². The van der Waals surface area contributed by atoms with Crippen LogP contribution in [0.15, 0.2) is 24.3 Å². The second-order valence-electron chi connectivity index (χ2n) is 4.34. The Kier molecular flexibility index (Phi) is 5.38. The molecule has 4 nitrogen and oxygen atoms in total. The van der Waals surface area contributed by atoms with Crippen molar-refractivity contribution in [1.29, 1.82) is 0 Å². The van der Waals surface area contributed by atoms with Gasteiger partial charge >= 0.3 is 6.36 Å². The topological polar surface area (TPSA) is 50.4 Å². The van der Waals surface area contributed by atoms with Gasteiger partial charge in [-0.05, 0) is 31.5 Å². The number of likely N-dealkylation sites (N-methyl/N-ethyl adjacent to an activating group) is 1. The quantitative estimate of drug-likeness (QED) is 0.875. The van der Waals surface area contributed by atoms with Crippen molar-refractivity contribution in [2.24, 2.45) is 0 Å². The highest BCUT2D eigenvalue weighted by Gasteiger charge is 2.31. The Bertz CT molecular complexity index is 446. The summed E-state index contributed by atoms with van der Waals surface area (Å²) in [4.78, 5) is 11.4. The van der Waals surface area contributed by atoms with E-state index in [-0.39, 0.29) is 17.7 Å². The van der Waals surface area contributed by atoms with Gasteiger partial charge in [0, 0.05) is 13.1 Å². The first kappa shape index (κ1) is 16.3. The van der Waals surface area contributed by atoms with Gasteiger partial charge < -0.3 is 10.1 Å². The predicted octanol–water partition coefficient (Wildman–Crippen LogP) is 2.37. The minimum absolute atomic E-state index is 0.158. The number of halogens is 3. The SMILES string of the molecule is CNC(=O)C(C)NC(C)c1ccc(OC(F)(F)F)cc1. The fourth-order valence-electron chi connectivity index (χ4n) is 1.72. The molecule has 1 rings (SSSR count). The highest BCUT2D eigenvalue weighted by atomic mass is 19.4. The number of amides is 1. The van der Waals surface area contributed by atoms with Gasteiger partial charge in [-0.2, -0.15) is 0 Å². The summed E-state index contributed by atoms with van der Waals surface area (Å²) in [7, 11) is 1.54. The Morgan fingerprint density at radius 2 is 1.75 bits per heavy atom. The summed E-state index contributed by atoms with van der Waals surface area (Å²) in [6.45, 7) is 3.52. The van der Waals surface area contributed by atoms with Gasteiger partial charge in [0.1, 0.15) is 5.75 Å². The summed E-state index contributed by atoms with van der Waals surface area (Å²) in [5.41, 5.74) is 0.760. The summed E-state index contributed by atoms with van der Waals surface area (Å²) in [6, 6.07) is 4.95. The number of ether oxygens (including phenoxy) is 1. The molecule has 0 aliphatic rings. The van der Waals surface area contributed by atoms with Gasteiger partial charge in [-0.15, -0.1) is 13.2 Å². The Morgan fingerprint density at radius 1 is 1.20 bits per heavy atom. The van der Waals surface area contributed by atoms with Crippen LogP contribution in [0.5, 0.6) is 5.75 Å². The van der Waals surface area contributed by atoms with Crippen molar-refractivity contribution in [3.8, 4) is 5.75 Å². The standard InChI is InChI=1S/C13H17F3N2O2/c1-8(18-9(2)12(19)17-3)10-4-6-11(7-5-10)20-13(14,15)16/h4-9,18H,1-3H3,(H,17,19). The minimum Gasteiger partial charge on any atom is -0.406 e. The molecule has 7 heteroatoms. The maximum absolute atomic E-state index is 12.0. The van der Waals surface area contributed by atoms with E-state index < -0.39 is 12.4 Å². The molecule has 0 heterocycles. The zero-order valence-corrected chi connectivity index (χ0v) is 11.4. The molecule has 0 aliphatic heterocycles. The van der Waals surface area contributed by atoms with E-state index in [1.54, 1.807) is 6.92 Å². The minimum atomic E-state index is -4.70. The maximum atomic E-state index is 12.0. The molecule has 20 heavy (non-hydrogen) atoms. The van der Waals surface area contributed by atoms with Crippen LogP contribution in [0.2, 0.25) is 0 Å². The number of benzene rings is 1. The molecule has 1 aromatic carbocycles. The van der Waals surface area contributed by atoms with Crippen LogP contribution < -0.4 is 15.4 Å². The number of nitrogens with one attached hydrogen (secondary N) is 2. The molecule has 0 saturated heterocycles. The molecule has 0 fully saturated rings. The molecule has 0 radical (unpaired) electrons. The van der Waals surface area contributed by atoms with E-state index in [9.17, 15) is 18.0 Å². The first-order valence-corrected chi connectivity index (χ1v) is 6.06. The first-order valence-electron chi connectivity index (χ1n) is 6.06. The zero-order chi connectivity index (χ0) is 15.3. The van der Waals surface area contributed by atoms with Gasteiger partial charge in [0.2, 0.25) is 5.91 Å². The van der Waals surface area contributed by atoms with Crippen molar-refractivity contribution in [3.05, 3.63) is 29.8 Å². The molecule has 0 aliphatic carbocycles. The summed E-state index contributed by atoms with van der Waals surface area (Å²) in [6.07, 6.45) is -4.70. The Labute approximate surface area is 115 Å². The number of carbonyl (C=O) groups is 1. The first-order chi connectivity index (χ1) is 9.23. The Morgan fingerprint density at radius 3 is 2.20 bits per heavy atom. The van der Waals surface area contributed by atoms with Crippen LogP contribution >= 0.6 is 0 Å². The second-order valence-corrected chi connectivity index (χ2v) is 4.34. The molecule has 1 aromatic rings. The predicted molar refractivity (Wildman–Crippen MR) is 68.2 cm³/mol. The van der Waals surface area contributed by atoms with E-state index in [1.165, 1.54) is 31.3 Å². The molecular weight excluding hydrogens is 273 g/mol. The van der Waals surface area contributed by atoms with E-state index in [4.69, 9.17) is 0 Å². The zero-order valence-electron chi connectivity index (χ0n) is 11.4. The van der Waals surface area contributed by atoms with Gasteiger partial charge in [0.05, 0.1) is 6.04 Å². The fourth-order valence-corrected chi connectivity index (χ4v) is 1.72. The summed E-state index contributed by atoms with van der Waals surface area (Å²) >= 11 is 0. The maximum Gasteiger partial charge on any atom is 0.573 e. The average molecular weight is 290 g/mol. The lowest BCUT2D eigenvalue weighted by atomic mass is 10.1. The number of carbonyl (C=O) groups excluding carboxylic acids is 1. The monoisotopic (exact) mass is 290 g/mol. The van der Waals surface area contributed by atoms with Crippen LogP contribution in [0, 0.1) is 0 Å². The van der Waals surface area contributed by atoms with Crippen molar-refractivity contribution >= 4 is 5.91 Å². The molecular formula is C13H17F3N2O2. The van der Waals surface area contributed by atoms with Crippen molar-refractivity contribution < 1.29 is 22.7 Å². The average Bonchev–Trinajstić information content (AvgIpc) is 2.36. The van der Waals surface area contributed by atoms with Crippen LogP contribution in [0.25, 0.3) is 0 Å². The van der Waals surface area contributed by atoms with Crippen LogP contribution in [0.4, 0.5) is 13.2 Å². The Balaban J connectivity index is 2.66. The molecule has 0 spiro atoms. The highest BCUT2D eigenvalue weighted by Crippen LogP contribution is 2.24. The van der Waals surface area contributed by atoms with Crippen molar-refractivity contribution in [1.82, 2.24) is 10.6 Å². The van der Waals surface area contributed by atoms with E-state index in [1.807, 2.05) is 6.92 Å². The lowest BCUT2D eigenvalue weighted by Gasteiger charge is -2.19. The van der Waals surface area contributed by atoms with Gasteiger partial charge in [-0.25, -0.2) is 0 Å². The van der Waals surface area contributed by atoms with Crippen molar-refractivity contribution in [2.75, 3.05) is 7.05 Å². The molecule has 0 saturated carbocycles. The third kappa shape index (κ3) is 5.08. The van der Waals surface area contributed by atoms with Crippen LogP contribution in [-0.2, 0) is 4.79 Å². The van der Waals surface area contributed by atoms with E-state index in [0.717, 1.165) is 5.56 Å². The van der Waals surface area contributed by atoms with E-state index in [2.05, 4.69) is 15.4 Å². The third-order valence-electron chi connectivity index (χ3n) is 2.75. The molecule has 2 N–H and O–H groups in total. The van der Waals surface area contributed by atoms with Crippen molar-refractivity contribution in [3.63, 3.8) is 0 Å². The highest BCUT2D eigenvalue weighted by molar-refractivity contribution is 5.80. The van der Waals surface area contributed by atoms with Gasteiger partial charge in [-0.1, -0.05) is 12.1 Å². The van der Waals surface area contributed by atoms with Gasteiger partial charge in [0.25, 0.3) is 0 Å². The molecule has 0 aromatic heterocycles. The molecule has 2 atom stereocenters. The van der Waals surface area contributed by atoms with Crippen LogP contribution in [0.3, 0.4) is 0 Å². The molecule has 1 amide bonds. The number of hydrogen-bond acceptors (Lipinski definition) is 3. The van der Waals surface area contributed by atoms with E-state index >= 15 is 0 Å². The summed E-state index contributed by atoms with van der Waals surface area (Å²) in [5.74, 6) is -0.429. The number of rotatable bonds is 5. The number of alkyl halides is 3. The summed E-state index contributed by atoms with van der Waals surface area (Å²) < 4.78 is 39.9. The summed E-state index contributed by atoms with van der Waals surface area (Å²) in [5, 5.41) is 5.55. The molecule has 112 valence electrons. The lowest BCUT2D eigenvalue weighted by molar-refractivity contribution is -0.274. The number of hydrogen-bond donors (Lipinski definition) is 2.